The van der Waals surface area contributed by atoms with E-state index in [2.05, 4.69) is 9.88 Å². The first-order valence-corrected chi connectivity index (χ1v) is 9.52. The van der Waals surface area contributed by atoms with Crippen LogP contribution in [0, 0.1) is 5.82 Å². The van der Waals surface area contributed by atoms with Gasteiger partial charge in [-0.3, -0.25) is 9.36 Å². The molecule has 0 N–H and O–H groups in total. The second-order valence-electron chi connectivity index (χ2n) is 6.98. The standard InChI is InChI=1S/C22H19FN4O2/c23-17-6-2-3-7-18(17)27-10-9-24-22(27)26-13-11-25(12-14-26)21(28)20-15-16-5-1-4-8-19(16)29-20/h1-10,15H,11-14H2. The van der Waals surface area contributed by atoms with Gasteiger partial charge in [0.1, 0.15) is 11.4 Å². The molecule has 1 fully saturated rings. The third-order valence-electron chi connectivity index (χ3n) is 5.22. The van der Waals surface area contributed by atoms with Crippen LogP contribution < -0.4 is 4.90 Å². The van der Waals surface area contributed by atoms with Crippen LogP contribution in [-0.2, 0) is 0 Å². The predicted octanol–water partition coefficient (Wildman–Crippen LogP) is 3.72. The lowest BCUT2D eigenvalue weighted by Gasteiger charge is -2.35. The number of furan rings is 1. The monoisotopic (exact) mass is 390 g/mol. The number of rotatable bonds is 3. The molecule has 1 aliphatic rings. The van der Waals surface area contributed by atoms with E-state index < -0.39 is 0 Å². The topological polar surface area (TPSA) is 54.5 Å². The van der Waals surface area contributed by atoms with Gasteiger partial charge in [-0.25, -0.2) is 9.37 Å². The van der Waals surface area contributed by atoms with Gasteiger partial charge in [0.2, 0.25) is 5.95 Å². The zero-order valence-corrected chi connectivity index (χ0v) is 15.7. The SMILES string of the molecule is O=C(c1cc2ccccc2o1)N1CCN(c2nccn2-c2ccccc2F)CC1. The van der Waals surface area contributed by atoms with Crippen molar-refractivity contribution in [1.82, 2.24) is 14.5 Å². The summed E-state index contributed by atoms with van der Waals surface area (Å²) in [6, 6.07) is 16.0. The van der Waals surface area contributed by atoms with Crippen molar-refractivity contribution >= 4 is 22.8 Å². The highest BCUT2D eigenvalue weighted by molar-refractivity contribution is 5.96. The van der Waals surface area contributed by atoms with Crippen LogP contribution in [0.2, 0.25) is 0 Å². The molecule has 1 aliphatic heterocycles. The maximum atomic E-state index is 14.2. The molecule has 3 heterocycles. The zero-order chi connectivity index (χ0) is 19.8. The number of nitrogens with zero attached hydrogens (tertiary/aromatic N) is 4. The van der Waals surface area contributed by atoms with Gasteiger partial charge >= 0.3 is 0 Å². The largest absolute Gasteiger partial charge is 0.451 e. The second kappa shape index (κ2) is 7.09. The third kappa shape index (κ3) is 3.14. The molecule has 6 nitrogen and oxygen atoms in total. The summed E-state index contributed by atoms with van der Waals surface area (Å²) in [4.78, 5) is 21.1. The molecule has 5 rings (SSSR count). The maximum absolute atomic E-state index is 14.2. The Labute approximate surface area is 166 Å². The number of hydrogen-bond acceptors (Lipinski definition) is 4. The molecule has 4 aromatic rings. The molecule has 0 bridgehead atoms. The summed E-state index contributed by atoms with van der Waals surface area (Å²) in [5.74, 6) is 0.613. The van der Waals surface area contributed by atoms with Crippen LogP contribution in [0.3, 0.4) is 0 Å². The van der Waals surface area contributed by atoms with Gasteiger partial charge in [0.25, 0.3) is 5.91 Å². The number of amides is 1. The minimum Gasteiger partial charge on any atom is -0.451 e. The summed E-state index contributed by atoms with van der Waals surface area (Å²) in [7, 11) is 0. The molecule has 1 saturated heterocycles. The summed E-state index contributed by atoms with van der Waals surface area (Å²) in [5.41, 5.74) is 1.17. The Hall–Kier alpha value is -3.61. The van der Waals surface area contributed by atoms with E-state index in [1.807, 2.05) is 24.3 Å². The second-order valence-corrected chi connectivity index (χ2v) is 6.98. The molecule has 2 aromatic carbocycles. The minimum atomic E-state index is -0.301. The highest BCUT2D eigenvalue weighted by Crippen LogP contribution is 2.23. The fourth-order valence-electron chi connectivity index (χ4n) is 3.72. The summed E-state index contributed by atoms with van der Waals surface area (Å²) in [6.07, 6.45) is 3.41. The number of benzene rings is 2. The average Bonchev–Trinajstić information content (AvgIpc) is 3.41. The number of aromatic nitrogens is 2. The maximum Gasteiger partial charge on any atom is 0.289 e. The van der Waals surface area contributed by atoms with Crippen molar-refractivity contribution in [3.05, 3.63) is 78.6 Å². The Bertz CT molecular complexity index is 1140. The summed E-state index contributed by atoms with van der Waals surface area (Å²) < 4.78 is 21.7. The molecule has 0 radical (unpaired) electrons. The molecule has 7 heteroatoms. The molecular weight excluding hydrogens is 371 g/mol. The fraction of sp³-hybridized carbons (Fsp3) is 0.182. The van der Waals surface area contributed by atoms with Crippen molar-refractivity contribution in [2.24, 2.45) is 0 Å². The van der Waals surface area contributed by atoms with Crippen LogP contribution in [0.5, 0.6) is 0 Å². The van der Waals surface area contributed by atoms with Crippen molar-refractivity contribution in [3.63, 3.8) is 0 Å². The molecule has 0 unspecified atom stereocenters. The normalized spacial score (nSPS) is 14.5. The van der Waals surface area contributed by atoms with E-state index in [-0.39, 0.29) is 11.7 Å². The molecule has 2 aromatic heterocycles. The van der Waals surface area contributed by atoms with E-state index in [0.717, 1.165) is 5.39 Å². The molecule has 1 amide bonds. The average molecular weight is 390 g/mol. The molecule has 0 saturated carbocycles. The van der Waals surface area contributed by atoms with Crippen molar-refractivity contribution in [3.8, 4) is 5.69 Å². The Balaban J connectivity index is 1.32. The van der Waals surface area contributed by atoms with Gasteiger partial charge in [0, 0.05) is 44.0 Å². The van der Waals surface area contributed by atoms with E-state index in [4.69, 9.17) is 4.42 Å². The molecule has 0 atom stereocenters. The Morgan fingerprint density at radius 3 is 2.55 bits per heavy atom. The third-order valence-corrected chi connectivity index (χ3v) is 5.22. The lowest BCUT2D eigenvalue weighted by atomic mass is 10.2. The van der Waals surface area contributed by atoms with Crippen molar-refractivity contribution < 1.29 is 13.6 Å². The molecule has 146 valence electrons. The van der Waals surface area contributed by atoms with E-state index >= 15 is 0 Å². The number of anilines is 1. The number of piperazine rings is 1. The number of para-hydroxylation sites is 2. The van der Waals surface area contributed by atoms with Crippen LogP contribution in [-0.4, -0.2) is 46.5 Å². The number of halogens is 1. The Kier molecular flexibility index (Phi) is 4.27. The Morgan fingerprint density at radius 2 is 1.76 bits per heavy atom. The molecule has 0 spiro atoms. The van der Waals surface area contributed by atoms with Crippen LogP contribution >= 0.6 is 0 Å². The zero-order valence-electron chi connectivity index (χ0n) is 15.7. The van der Waals surface area contributed by atoms with E-state index in [0.29, 0.717) is 49.2 Å². The number of fused-ring (bicyclic) bond motifs is 1. The van der Waals surface area contributed by atoms with Crippen LogP contribution in [0.25, 0.3) is 16.7 Å². The molecule has 0 aliphatic carbocycles. The highest BCUT2D eigenvalue weighted by Gasteiger charge is 2.26. The molecular formula is C22H19FN4O2. The van der Waals surface area contributed by atoms with Gasteiger partial charge in [0.05, 0.1) is 5.69 Å². The number of carbonyl (C=O) groups is 1. The number of hydrogen-bond donors (Lipinski definition) is 0. The summed E-state index contributed by atoms with van der Waals surface area (Å²) in [5, 5.41) is 0.918. The van der Waals surface area contributed by atoms with Crippen molar-refractivity contribution in [2.45, 2.75) is 0 Å². The van der Waals surface area contributed by atoms with Gasteiger partial charge in [-0.2, -0.15) is 0 Å². The van der Waals surface area contributed by atoms with Gasteiger partial charge in [-0.15, -0.1) is 0 Å². The first kappa shape index (κ1) is 17.5. The van der Waals surface area contributed by atoms with Crippen molar-refractivity contribution in [2.75, 3.05) is 31.1 Å². The predicted molar refractivity (Wildman–Crippen MR) is 108 cm³/mol. The lowest BCUT2D eigenvalue weighted by Crippen LogP contribution is -2.49. The van der Waals surface area contributed by atoms with E-state index in [9.17, 15) is 9.18 Å². The summed E-state index contributed by atoms with van der Waals surface area (Å²) >= 11 is 0. The smallest absolute Gasteiger partial charge is 0.289 e. The molecule has 29 heavy (non-hydrogen) atoms. The number of carbonyl (C=O) groups excluding carboxylic acids is 1. The highest BCUT2D eigenvalue weighted by atomic mass is 19.1. The van der Waals surface area contributed by atoms with E-state index in [1.54, 1.807) is 46.1 Å². The van der Waals surface area contributed by atoms with Gasteiger partial charge in [0.15, 0.2) is 5.76 Å². The van der Waals surface area contributed by atoms with Crippen molar-refractivity contribution in [1.29, 1.82) is 0 Å². The van der Waals surface area contributed by atoms with Gasteiger partial charge in [-0.05, 0) is 24.3 Å². The Morgan fingerprint density at radius 1 is 1.00 bits per heavy atom. The minimum absolute atomic E-state index is 0.113. The summed E-state index contributed by atoms with van der Waals surface area (Å²) in [6.45, 7) is 2.30. The van der Waals surface area contributed by atoms with E-state index in [1.165, 1.54) is 6.07 Å². The van der Waals surface area contributed by atoms with Gasteiger partial charge < -0.3 is 14.2 Å². The quantitative estimate of drug-likeness (QED) is 0.535. The van der Waals surface area contributed by atoms with Crippen LogP contribution in [0.4, 0.5) is 10.3 Å². The first-order valence-electron chi connectivity index (χ1n) is 9.52. The lowest BCUT2D eigenvalue weighted by molar-refractivity contribution is 0.0716. The number of imidazole rings is 1. The van der Waals surface area contributed by atoms with Crippen LogP contribution in [0.1, 0.15) is 10.6 Å². The van der Waals surface area contributed by atoms with Crippen LogP contribution in [0.15, 0.2) is 71.4 Å². The van der Waals surface area contributed by atoms with Gasteiger partial charge in [-0.1, -0.05) is 30.3 Å². The first-order chi connectivity index (χ1) is 14.2. The fourth-order valence-corrected chi connectivity index (χ4v) is 3.72.